The van der Waals surface area contributed by atoms with Gasteiger partial charge >= 0.3 is 5.69 Å². The summed E-state index contributed by atoms with van der Waals surface area (Å²) < 4.78 is 18.7. The lowest BCUT2D eigenvalue weighted by Crippen LogP contribution is -2.01. The van der Waals surface area contributed by atoms with E-state index in [1.54, 1.807) is 12.1 Å². The number of nitro groups is 1. The van der Waals surface area contributed by atoms with Crippen LogP contribution in [0.25, 0.3) is 0 Å². The van der Waals surface area contributed by atoms with E-state index in [-0.39, 0.29) is 28.9 Å². The Balaban J connectivity index is 2.23. The predicted octanol–water partition coefficient (Wildman–Crippen LogP) is 4.71. The molecule has 4 nitrogen and oxygen atoms in total. The Bertz CT molecular complexity index is 679. The average molecular weight is 330 g/mol. The van der Waals surface area contributed by atoms with Gasteiger partial charge in [-0.2, -0.15) is 0 Å². The fourth-order valence-electron chi connectivity index (χ4n) is 1.73. The lowest BCUT2D eigenvalue weighted by Gasteiger charge is -2.09. The molecule has 0 bridgehead atoms. The van der Waals surface area contributed by atoms with E-state index in [0.717, 1.165) is 0 Å². The van der Waals surface area contributed by atoms with E-state index in [1.807, 2.05) is 0 Å². The van der Waals surface area contributed by atoms with E-state index in [4.69, 9.17) is 27.9 Å². The first-order valence-corrected chi connectivity index (χ1v) is 6.83. The first-order chi connectivity index (χ1) is 10.0. The molecule has 0 aromatic heterocycles. The van der Waals surface area contributed by atoms with Crippen molar-refractivity contribution in [1.29, 1.82) is 0 Å². The van der Waals surface area contributed by atoms with Crippen molar-refractivity contribution in [3.05, 3.63) is 68.5 Å². The zero-order valence-corrected chi connectivity index (χ0v) is 12.2. The molecule has 110 valence electrons. The lowest BCUT2D eigenvalue weighted by molar-refractivity contribution is -0.386. The molecule has 0 amide bonds. The number of hydrogen-bond donors (Lipinski definition) is 0. The van der Waals surface area contributed by atoms with Gasteiger partial charge in [0.05, 0.1) is 9.95 Å². The fourth-order valence-corrected chi connectivity index (χ4v) is 2.07. The Kier molecular flexibility index (Phi) is 4.98. The van der Waals surface area contributed by atoms with Gasteiger partial charge in [0.2, 0.25) is 0 Å². The Labute approximate surface area is 130 Å². The van der Waals surface area contributed by atoms with Crippen LogP contribution in [-0.2, 0) is 12.5 Å². The summed E-state index contributed by atoms with van der Waals surface area (Å²) in [6.07, 6.45) is 0. The number of halogens is 3. The molecule has 0 fully saturated rings. The van der Waals surface area contributed by atoms with E-state index in [0.29, 0.717) is 11.1 Å². The molecule has 0 heterocycles. The van der Waals surface area contributed by atoms with E-state index >= 15 is 0 Å². The van der Waals surface area contributed by atoms with Crippen molar-refractivity contribution in [2.45, 2.75) is 12.5 Å². The van der Waals surface area contributed by atoms with Crippen molar-refractivity contribution < 1.29 is 14.1 Å². The summed E-state index contributed by atoms with van der Waals surface area (Å²) in [7, 11) is 0. The van der Waals surface area contributed by atoms with Crippen LogP contribution < -0.4 is 4.74 Å². The largest absolute Gasteiger partial charge is 0.482 e. The van der Waals surface area contributed by atoms with E-state index < -0.39 is 10.7 Å². The van der Waals surface area contributed by atoms with Crippen LogP contribution in [0.1, 0.15) is 11.1 Å². The number of rotatable bonds is 5. The van der Waals surface area contributed by atoms with Gasteiger partial charge in [0, 0.05) is 17.5 Å². The van der Waals surface area contributed by atoms with Gasteiger partial charge in [0.1, 0.15) is 12.4 Å². The standard InChI is InChI=1S/C14H10Cl2FNO3/c15-7-9-4-5-13(12(6-9)18(19)20)21-8-10-2-1-3-11(17)14(10)16/h1-6H,7-8H2. The van der Waals surface area contributed by atoms with Gasteiger partial charge < -0.3 is 4.74 Å². The zero-order valence-electron chi connectivity index (χ0n) is 10.7. The highest BCUT2D eigenvalue weighted by Gasteiger charge is 2.16. The van der Waals surface area contributed by atoms with Crippen LogP contribution in [0.2, 0.25) is 5.02 Å². The van der Waals surface area contributed by atoms with Gasteiger partial charge in [-0.1, -0.05) is 29.8 Å². The number of nitrogens with zero attached hydrogens (tertiary/aromatic N) is 1. The first-order valence-electron chi connectivity index (χ1n) is 5.92. The van der Waals surface area contributed by atoms with Crippen LogP contribution in [0.3, 0.4) is 0 Å². The highest BCUT2D eigenvalue weighted by atomic mass is 35.5. The molecule has 0 aliphatic rings. The number of alkyl halides is 1. The molecule has 2 aromatic carbocycles. The highest BCUT2D eigenvalue weighted by molar-refractivity contribution is 6.31. The second-order valence-corrected chi connectivity index (χ2v) is 4.84. The summed E-state index contributed by atoms with van der Waals surface area (Å²) >= 11 is 11.4. The summed E-state index contributed by atoms with van der Waals surface area (Å²) in [4.78, 5) is 10.5. The molecule has 0 unspecified atom stereocenters. The van der Waals surface area contributed by atoms with Gasteiger partial charge in [-0.3, -0.25) is 10.1 Å². The monoisotopic (exact) mass is 329 g/mol. The molecule has 0 atom stereocenters. The minimum absolute atomic E-state index is 0.0578. The van der Waals surface area contributed by atoms with Gasteiger partial charge in [0.15, 0.2) is 5.75 Å². The van der Waals surface area contributed by atoms with Crippen molar-refractivity contribution in [2.75, 3.05) is 0 Å². The van der Waals surface area contributed by atoms with Crippen LogP contribution >= 0.6 is 23.2 Å². The lowest BCUT2D eigenvalue weighted by atomic mass is 10.2. The second kappa shape index (κ2) is 6.74. The van der Waals surface area contributed by atoms with Gasteiger partial charge in [-0.15, -0.1) is 11.6 Å². The maximum atomic E-state index is 13.3. The number of nitro benzene ring substituents is 1. The van der Waals surface area contributed by atoms with Gasteiger partial charge in [-0.05, 0) is 17.7 Å². The zero-order chi connectivity index (χ0) is 15.4. The summed E-state index contributed by atoms with van der Waals surface area (Å²) in [5, 5.41) is 11.0. The van der Waals surface area contributed by atoms with Crippen molar-refractivity contribution in [2.24, 2.45) is 0 Å². The van der Waals surface area contributed by atoms with Crippen molar-refractivity contribution in [3.63, 3.8) is 0 Å². The minimum Gasteiger partial charge on any atom is -0.482 e. The summed E-state index contributed by atoms with van der Waals surface area (Å²) in [6.45, 7) is -0.0718. The molecule has 0 aliphatic carbocycles. The number of benzene rings is 2. The quantitative estimate of drug-likeness (QED) is 0.453. The van der Waals surface area contributed by atoms with Crippen LogP contribution in [-0.4, -0.2) is 4.92 Å². The van der Waals surface area contributed by atoms with Crippen molar-refractivity contribution in [1.82, 2.24) is 0 Å². The Morgan fingerprint density at radius 2 is 2.05 bits per heavy atom. The first kappa shape index (κ1) is 15.5. The molecule has 0 saturated carbocycles. The molecule has 21 heavy (non-hydrogen) atoms. The van der Waals surface area contributed by atoms with E-state index in [2.05, 4.69) is 0 Å². The third-order valence-corrected chi connectivity index (χ3v) is 3.52. The molecular formula is C14H10Cl2FNO3. The maximum Gasteiger partial charge on any atom is 0.311 e. The number of hydrogen-bond acceptors (Lipinski definition) is 3. The second-order valence-electron chi connectivity index (χ2n) is 4.19. The minimum atomic E-state index is -0.565. The van der Waals surface area contributed by atoms with E-state index in [9.17, 15) is 14.5 Å². The average Bonchev–Trinajstić information content (AvgIpc) is 2.48. The highest BCUT2D eigenvalue weighted by Crippen LogP contribution is 2.30. The summed E-state index contributed by atoms with van der Waals surface area (Å²) in [5.74, 6) is -0.324. The summed E-state index contributed by atoms with van der Waals surface area (Å²) in [5.41, 5.74) is 0.826. The Morgan fingerprint density at radius 1 is 1.29 bits per heavy atom. The molecule has 0 spiro atoms. The van der Waals surface area contributed by atoms with Crippen molar-refractivity contribution in [3.8, 4) is 5.75 Å². The van der Waals surface area contributed by atoms with Crippen LogP contribution in [0.4, 0.5) is 10.1 Å². The fraction of sp³-hybridized carbons (Fsp3) is 0.143. The smallest absolute Gasteiger partial charge is 0.311 e. The van der Waals surface area contributed by atoms with Crippen LogP contribution in [0.5, 0.6) is 5.75 Å². The molecule has 0 aliphatic heterocycles. The molecule has 2 rings (SSSR count). The SMILES string of the molecule is O=[N+]([O-])c1cc(CCl)ccc1OCc1cccc(F)c1Cl. The third kappa shape index (κ3) is 3.62. The third-order valence-electron chi connectivity index (χ3n) is 2.79. The topological polar surface area (TPSA) is 52.4 Å². The molecule has 2 aromatic rings. The van der Waals surface area contributed by atoms with Crippen LogP contribution in [0.15, 0.2) is 36.4 Å². The molecule has 0 saturated heterocycles. The summed E-state index contributed by atoms with van der Waals surface area (Å²) in [6, 6.07) is 8.74. The Hall–Kier alpha value is -1.85. The van der Waals surface area contributed by atoms with Gasteiger partial charge in [-0.25, -0.2) is 4.39 Å². The molecule has 0 radical (unpaired) electrons. The van der Waals surface area contributed by atoms with E-state index in [1.165, 1.54) is 24.3 Å². The molecule has 7 heteroatoms. The van der Waals surface area contributed by atoms with Crippen LogP contribution in [0, 0.1) is 15.9 Å². The molecule has 0 N–H and O–H groups in total. The normalized spacial score (nSPS) is 10.4. The van der Waals surface area contributed by atoms with Crippen molar-refractivity contribution >= 4 is 28.9 Å². The maximum absolute atomic E-state index is 13.3. The predicted molar refractivity (Wildman–Crippen MR) is 78.4 cm³/mol. The van der Waals surface area contributed by atoms with Gasteiger partial charge in [0.25, 0.3) is 0 Å². The Morgan fingerprint density at radius 3 is 2.71 bits per heavy atom. The molecular weight excluding hydrogens is 320 g/mol. The number of ether oxygens (including phenoxy) is 1.